The number of aromatic carboxylic acids is 1. The average molecular weight is 515 g/mol. The molecule has 0 unspecified atom stereocenters. The van der Waals surface area contributed by atoms with Gasteiger partial charge in [-0.05, 0) is 82.5 Å². The van der Waals surface area contributed by atoms with Crippen molar-refractivity contribution in [1.29, 1.82) is 0 Å². The van der Waals surface area contributed by atoms with Crippen molar-refractivity contribution in [1.82, 2.24) is 14.4 Å². The number of fused-ring (bicyclic) bond motifs is 5. The minimum absolute atomic E-state index is 0.378. The van der Waals surface area contributed by atoms with E-state index in [0.717, 1.165) is 31.7 Å². The van der Waals surface area contributed by atoms with Crippen molar-refractivity contribution in [3.05, 3.63) is 53.6 Å². The highest BCUT2D eigenvalue weighted by Crippen LogP contribution is 2.47. The van der Waals surface area contributed by atoms with Crippen LogP contribution in [-0.2, 0) is 6.54 Å². The van der Waals surface area contributed by atoms with E-state index < -0.39 is 5.97 Å². The van der Waals surface area contributed by atoms with Gasteiger partial charge in [-0.3, -0.25) is 0 Å². The van der Waals surface area contributed by atoms with Crippen molar-refractivity contribution < 1.29 is 9.90 Å². The van der Waals surface area contributed by atoms with Crippen LogP contribution >= 0.6 is 0 Å². The van der Waals surface area contributed by atoms with Gasteiger partial charge < -0.3 is 24.4 Å². The van der Waals surface area contributed by atoms with Crippen molar-refractivity contribution in [2.24, 2.45) is 0 Å². The lowest BCUT2D eigenvalue weighted by Crippen LogP contribution is -2.44. The van der Waals surface area contributed by atoms with Crippen LogP contribution < -0.4 is 4.90 Å². The first-order valence-corrected chi connectivity index (χ1v) is 14.6. The Morgan fingerprint density at radius 1 is 0.921 bits per heavy atom. The number of nitrogens with zero attached hydrogens (tertiary/aromatic N) is 4. The molecule has 2 fully saturated rings. The fourth-order valence-corrected chi connectivity index (χ4v) is 7.28. The Morgan fingerprint density at radius 3 is 2.42 bits per heavy atom. The number of aromatic nitrogens is 1. The minimum Gasteiger partial charge on any atom is -0.478 e. The number of piperidine rings is 1. The summed E-state index contributed by atoms with van der Waals surface area (Å²) in [4.78, 5) is 19.5. The third-order valence-corrected chi connectivity index (χ3v) is 9.43. The third kappa shape index (κ3) is 4.73. The maximum atomic E-state index is 11.9. The van der Waals surface area contributed by atoms with E-state index in [0.29, 0.717) is 17.5 Å². The molecule has 202 valence electrons. The molecule has 0 atom stereocenters. The smallest absolute Gasteiger partial charge is 0.335 e. The number of rotatable bonds is 6. The Morgan fingerprint density at radius 2 is 1.68 bits per heavy atom. The van der Waals surface area contributed by atoms with Crippen LogP contribution in [0.5, 0.6) is 0 Å². The van der Waals surface area contributed by atoms with Crippen molar-refractivity contribution in [3.63, 3.8) is 0 Å². The number of carbonyl (C=O) groups is 1. The Balaban J connectivity index is 1.36. The zero-order valence-corrected chi connectivity index (χ0v) is 23.0. The SMILES string of the molecule is CN(C)C1CCN(CCN2CCn3c(c(C4CCCCC4)c4ccc(C(=O)O)cc43)-c3ccccc32)CC1. The number of benzene rings is 2. The number of carboxylic acid groups (broad SMARTS) is 1. The Kier molecular flexibility index (Phi) is 7.19. The fourth-order valence-electron chi connectivity index (χ4n) is 7.28. The first kappa shape index (κ1) is 25.4. The van der Waals surface area contributed by atoms with Gasteiger partial charge in [0, 0.05) is 54.4 Å². The summed E-state index contributed by atoms with van der Waals surface area (Å²) in [7, 11) is 4.41. The van der Waals surface area contributed by atoms with Gasteiger partial charge in [0.05, 0.1) is 11.3 Å². The number of carboxylic acids is 1. The van der Waals surface area contributed by atoms with Crippen molar-refractivity contribution in [2.45, 2.75) is 63.5 Å². The second-order valence-electron chi connectivity index (χ2n) is 11.8. The number of para-hydroxylation sites is 1. The van der Waals surface area contributed by atoms with Gasteiger partial charge in [0.25, 0.3) is 0 Å². The van der Waals surface area contributed by atoms with Gasteiger partial charge in [0.15, 0.2) is 0 Å². The second-order valence-corrected chi connectivity index (χ2v) is 11.8. The molecule has 3 heterocycles. The molecular formula is C32H42N4O2. The molecule has 1 aliphatic carbocycles. The van der Waals surface area contributed by atoms with Crippen LogP contribution in [0.2, 0.25) is 0 Å². The van der Waals surface area contributed by atoms with E-state index >= 15 is 0 Å². The van der Waals surface area contributed by atoms with Crippen molar-refractivity contribution in [3.8, 4) is 11.3 Å². The van der Waals surface area contributed by atoms with Gasteiger partial charge in [-0.2, -0.15) is 0 Å². The lowest BCUT2D eigenvalue weighted by Gasteiger charge is -2.36. The minimum atomic E-state index is -0.852. The summed E-state index contributed by atoms with van der Waals surface area (Å²) < 4.78 is 2.45. The Hall–Kier alpha value is -2.83. The van der Waals surface area contributed by atoms with E-state index in [1.165, 1.54) is 85.9 Å². The van der Waals surface area contributed by atoms with E-state index in [-0.39, 0.29) is 0 Å². The highest BCUT2D eigenvalue weighted by Gasteiger charge is 2.31. The molecule has 2 aliphatic heterocycles. The zero-order valence-electron chi connectivity index (χ0n) is 23.0. The third-order valence-electron chi connectivity index (χ3n) is 9.43. The average Bonchev–Trinajstić information content (AvgIpc) is 3.17. The van der Waals surface area contributed by atoms with E-state index in [4.69, 9.17) is 0 Å². The number of anilines is 1. The van der Waals surface area contributed by atoms with E-state index in [2.05, 4.69) is 63.7 Å². The van der Waals surface area contributed by atoms with Gasteiger partial charge in [-0.1, -0.05) is 43.5 Å². The summed E-state index contributed by atoms with van der Waals surface area (Å²) in [5.41, 5.74) is 6.89. The predicted molar refractivity (Wildman–Crippen MR) is 156 cm³/mol. The molecule has 1 N–H and O–H groups in total. The molecule has 6 rings (SSSR count). The summed E-state index contributed by atoms with van der Waals surface area (Å²) in [6.45, 7) is 6.26. The predicted octanol–water partition coefficient (Wildman–Crippen LogP) is 5.90. The zero-order chi connectivity index (χ0) is 26.2. The molecule has 3 aliphatic rings. The quantitative estimate of drug-likeness (QED) is 0.444. The molecule has 1 saturated carbocycles. The molecule has 0 amide bonds. The maximum absolute atomic E-state index is 11.9. The lowest BCUT2D eigenvalue weighted by molar-refractivity contribution is 0.0697. The van der Waals surface area contributed by atoms with Crippen LogP contribution in [0.25, 0.3) is 22.2 Å². The Labute approximate surface area is 226 Å². The summed E-state index contributed by atoms with van der Waals surface area (Å²) in [5, 5.41) is 11.0. The summed E-state index contributed by atoms with van der Waals surface area (Å²) >= 11 is 0. The molecular weight excluding hydrogens is 472 g/mol. The van der Waals surface area contributed by atoms with Crippen LogP contribution in [0, 0.1) is 0 Å². The molecule has 1 aromatic heterocycles. The number of hydrogen-bond acceptors (Lipinski definition) is 4. The van der Waals surface area contributed by atoms with Gasteiger partial charge in [0.1, 0.15) is 0 Å². The summed E-state index contributed by atoms with van der Waals surface area (Å²) in [6, 6.07) is 15.5. The molecule has 0 spiro atoms. The van der Waals surface area contributed by atoms with Crippen molar-refractivity contribution >= 4 is 22.6 Å². The standard InChI is InChI=1S/C32H42N4O2/c1-33(2)25-14-16-34(17-15-25)18-19-35-20-21-36-29-22-24(32(37)38)12-13-26(29)30(23-8-4-3-5-9-23)31(36)27-10-6-7-11-28(27)35/h6-7,10-13,22-23,25H,3-5,8-9,14-21H2,1-2H3,(H,37,38). The molecule has 6 heteroatoms. The normalized spacial score (nSPS) is 19.5. The number of likely N-dealkylation sites (tertiary alicyclic amines) is 1. The molecule has 2 aromatic carbocycles. The molecule has 1 saturated heterocycles. The topological polar surface area (TPSA) is 52.0 Å². The molecule has 0 bridgehead atoms. The largest absolute Gasteiger partial charge is 0.478 e. The maximum Gasteiger partial charge on any atom is 0.335 e. The molecule has 6 nitrogen and oxygen atoms in total. The monoisotopic (exact) mass is 514 g/mol. The highest BCUT2D eigenvalue weighted by molar-refractivity contribution is 5.99. The Bertz CT molecular complexity index is 1300. The molecule has 0 radical (unpaired) electrons. The summed E-state index contributed by atoms with van der Waals surface area (Å²) in [6.07, 6.45) is 8.83. The van der Waals surface area contributed by atoms with E-state index in [9.17, 15) is 9.90 Å². The highest BCUT2D eigenvalue weighted by atomic mass is 16.4. The first-order valence-electron chi connectivity index (χ1n) is 14.6. The second kappa shape index (κ2) is 10.7. The lowest BCUT2D eigenvalue weighted by atomic mass is 9.81. The first-order chi connectivity index (χ1) is 18.5. The summed E-state index contributed by atoms with van der Waals surface area (Å²) in [5.74, 6) is -0.314. The van der Waals surface area contributed by atoms with Crippen LogP contribution in [0.4, 0.5) is 5.69 Å². The van der Waals surface area contributed by atoms with Gasteiger partial charge in [0.2, 0.25) is 0 Å². The fraction of sp³-hybridized carbons (Fsp3) is 0.531. The molecule has 38 heavy (non-hydrogen) atoms. The van der Waals surface area contributed by atoms with E-state index in [1.807, 2.05) is 6.07 Å². The van der Waals surface area contributed by atoms with Gasteiger partial charge in [-0.25, -0.2) is 4.79 Å². The number of hydrogen-bond donors (Lipinski definition) is 1. The van der Waals surface area contributed by atoms with Crippen LogP contribution in [0.3, 0.4) is 0 Å². The van der Waals surface area contributed by atoms with Crippen LogP contribution in [0.1, 0.15) is 66.8 Å². The van der Waals surface area contributed by atoms with Gasteiger partial charge in [-0.15, -0.1) is 0 Å². The molecule has 3 aromatic rings. The van der Waals surface area contributed by atoms with E-state index in [1.54, 1.807) is 6.07 Å². The van der Waals surface area contributed by atoms with Gasteiger partial charge >= 0.3 is 5.97 Å². The van der Waals surface area contributed by atoms with Crippen molar-refractivity contribution in [2.75, 3.05) is 51.7 Å². The van der Waals surface area contributed by atoms with Crippen LogP contribution in [0.15, 0.2) is 42.5 Å². The van der Waals surface area contributed by atoms with Crippen LogP contribution in [-0.4, -0.2) is 78.3 Å².